The summed E-state index contributed by atoms with van der Waals surface area (Å²) in [4.78, 5) is 44.3. The Hall–Kier alpha value is -3.01. The fraction of sp³-hybridized carbons (Fsp3) is 0.400. The molecule has 2 heterocycles. The van der Waals surface area contributed by atoms with Crippen molar-refractivity contribution in [1.82, 2.24) is 15.1 Å². The number of hydrogen-bond acceptors (Lipinski definition) is 6. The van der Waals surface area contributed by atoms with Crippen molar-refractivity contribution in [3.05, 3.63) is 52.5 Å². The Morgan fingerprint density at radius 2 is 1.69 bits per heavy atom. The maximum atomic E-state index is 13.2. The van der Waals surface area contributed by atoms with Gasteiger partial charge in [-0.15, -0.1) is 0 Å². The number of methoxy groups -OCH3 is 1. The Kier molecular flexibility index (Phi) is 8.56. The van der Waals surface area contributed by atoms with Crippen LogP contribution in [0.5, 0.6) is 5.75 Å². The summed E-state index contributed by atoms with van der Waals surface area (Å²) < 4.78 is 5.22. The minimum Gasteiger partial charge on any atom is -0.497 e. The quantitative estimate of drug-likeness (QED) is 0.567. The van der Waals surface area contributed by atoms with Crippen LogP contribution < -0.4 is 20.3 Å². The van der Waals surface area contributed by atoms with Crippen LogP contribution in [0.2, 0.25) is 10.0 Å². The maximum absolute atomic E-state index is 13.2. The third-order valence-corrected chi connectivity index (χ3v) is 6.78. The van der Waals surface area contributed by atoms with Crippen LogP contribution in [0, 0.1) is 0 Å². The molecular formula is C25H29Cl2N5O4. The number of rotatable bonds is 7. The van der Waals surface area contributed by atoms with Gasteiger partial charge in [0.1, 0.15) is 11.8 Å². The topological polar surface area (TPSA) is 94.2 Å². The second kappa shape index (κ2) is 11.8. The number of ether oxygens (including phenoxy) is 1. The van der Waals surface area contributed by atoms with E-state index in [0.29, 0.717) is 28.8 Å². The highest BCUT2D eigenvalue weighted by molar-refractivity contribution is 6.35. The predicted octanol–water partition coefficient (Wildman–Crippen LogP) is 2.48. The second-order valence-corrected chi connectivity index (χ2v) is 9.64. The molecule has 36 heavy (non-hydrogen) atoms. The van der Waals surface area contributed by atoms with Crippen LogP contribution in [0.3, 0.4) is 0 Å². The Morgan fingerprint density at radius 3 is 2.33 bits per heavy atom. The molecule has 3 amide bonds. The molecule has 0 saturated carbocycles. The number of nitrogens with zero attached hydrogens (tertiary/aromatic N) is 3. The molecule has 2 aliphatic heterocycles. The summed E-state index contributed by atoms with van der Waals surface area (Å²) in [7, 11) is 1.64. The molecule has 2 N–H and O–H groups in total. The molecule has 0 radical (unpaired) electrons. The van der Waals surface area contributed by atoms with Crippen molar-refractivity contribution in [3.8, 4) is 5.75 Å². The van der Waals surface area contributed by atoms with Gasteiger partial charge in [0.2, 0.25) is 17.7 Å². The van der Waals surface area contributed by atoms with Crippen LogP contribution in [0.4, 0.5) is 11.4 Å². The molecule has 0 unspecified atom stereocenters. The van der Waals surface area contributed by atoms with Crippen LogP contribution >= 0.6 is 23.2 Å². The fourth-order valence-electron chi connectivity index (χ4n) is 4.47. The fourth-order valence-corrected chi connectivity index (χ4v) is 5.00. The largest absolute Gasteiger partial charge is 0.497 e. The lowest BCUT2D eigenvalue weighted by atomic mass is 10.1. The van der Waals surface area contributed by atoms with E-state index in [9.17, 15) is 14.4 Å². The first-order chi connectivity index (χ1) is 17.3. The van der Waals surface area contributed by atoms with E-state index in [-0.39, 0.29) is 24.8 Å². The molecule has 192 valence electrons. The molecule has 0 aromatic heterocycles. The number of hydrogen-bond donors (Lipinski definition) is 2. The van der Waals surface area contributed by atoms with E-state index in [1.807, 2.05) is 24.3 Å². The Labute approximate surface area is 220 Å². The summed E-state index contributed by atoms with van der Waals surface area (Å²) in [5.74, 6) is -0.0843. The summed E-state index contributed by atoms with van der Waals surface area (Å²) in [5, 5.41) is 6.24. The van der Waals surface area contributed by atoms with Gasteiger partial charge in [0.05, 0.1) is 20.1 Å². The molecule has 1 atom stereocenters. The van der Waals surface area contributed by atoms with Gasteiger partial charge in [0, 0.05) is 60.7 Å². The zero-order valence-electron chi connectivity index (χ0n) is 20.0. The molecule has 0 aliphatic carbocycles. The zero-order chi connectivity index (χ0) is 25.7. The second-order valence-electron chi connectivity index (χ2n) is 8.77. The first kappa shape index (κ1) is 26.1. The summed E-state index contributed by atoms with van der Waals surface area (Å²) >= 11 is 12.0. The van der Waals surface area contributed by atoms with Crippen molar-refractivity contribution in [2.24, 2.45) is 0 Å². The molecule has 11 heteroatoms. The van der Waals surface area contributed by atoms with Crippen molar-refractivity contribution < 1.29 is 19.1 Å². The van der Waals surface area contributed by atoms with Crippen LogP contribution in [-0.4, -0.2) is 86.5 Å². The number of nitrogens with one attached hydrogen (secondary N) is 2. The SMILES string of the molecule is COc1ccc(N2CCN(CC(=O)N3CCNC(=O)[C@H]3CC(=O)Nc3cc(Cl)cc(Cl)c3)CC2)cc1. The summed E-state index contributed by atoms with van der Waals surface area (Å²) in [6.45, 7) is 3.93. The van der Waals surface area contributed by atoms with Crippen molar-refractivity contribution >= 4 is 52.3 Å². The van der Waals surface area contributed by atoms with Gasteiger partial charge in [-0.3, -0.25) is 19.3 Å². The van der Waals surface area contributed by atoms with Gasteiger partial charge in [-0.05, 0) is 42.5 Å². The number of carbonyl (C=O) groups excluding carboxylic acids is 3. The monoisotopic (exact) mass is 533 g/mol. The standard InChI is InChI=1S/C25H29Cl2N5O4/c1-36-21-4-2-20(3-5-21)31-10-8-30(9-11-31)16-24(34)32-7-6-28-25(35)22(32)15-23(33)29-19-13-17(26)12-18(27)14-19/h2-5,12-14,22H,6-11,15-16H2,1H3,(H,28,35)(H,29,33)/t22-/m1/s1. The van der Waals surface area contributed by atoms with Crippen LogP contribution in [0.1, 0.15) is 6.42 Å². The van der Waals surface area contributed by atoms with E-state index in [2.05, 4.69) is 20.4 Å². The van der Waals surface area contributed by atoms with E-state index in [1.165, 1.54) is 4.90 Å². The average Bonchev–Trinajstić information content (AvgIpc) is 2.85. The third kappa shape index (κ3) is 6.60. The lowest BCUT2D eigenvalue weighted by Gasteiger charge is -2.39. The van der Waals surface area contributed by atoms with E-state index >= 15 is 0 Å². The van der Waals surface area contributed by atoms with Gasteiger partial charge in [0.15, 0.2) is 0 Å². The molecule has 2 aromatic carbocycles. The van der Waals surface area contributed by atoms with Crippen molar-refractivity contribution in [2.45, 2.75) is 12.5 Å². The Balaban J connectivity index is 1.32. The summed E-state index contributed by atoms with van der Waals surface area (Å²) in [5.41, 5.74) is 1.54. The minimum absolute atomic E-state index is 0.160. The average molecular weight is 534 g/mol. The molecule has 2 saturated heterocycles. The number of benzene rings is 2. The van der Waals surface area contributed by atoms with E-state index in [1.54, 1.807) is 25.3 Å². The van der Waals surface area contributed by atoms with Crippen molar-refractivity contribution in [3.63, 3.8) is 0 Å². The molecule has 0 bridgehead atoms. The Bertz CT molecular complexity index is 1090. The lowest BCUT2D eigenvalue weighted by Crippen LogP contribution is -2.60. The summed E-state index contributed by atoms with van der Waals surface area (Å²) in [6, 6.07) is 11.7. The van der Waals surface area contributed by atoms with Gasteiger partial charge in [-0.2, -0.15) is 0 Å². The molecule has 4 rings (SSSR count). The van der Waals surface area contributed by atoms with Crippen LogP contribution in [0.15, 0.2) is 42.5 Å². The first-order valence-electron chi connectivity index (χ1n) is 11.8. The highest BCUT2D eigenvalue weighted by Gasteiger charge is 2.35. The van der Waals surface area contributed by atoms with Crippen LogP contribution in [0.25, 0.3) is 0 Å². The Morgan fingerprint density at radius 1 is 1.03 bits per heavy atom. The van der Waals surface area contributed by atoms with Gasteiger partial charge < -0.3 is 25.2 Å². The highest BCUT2D eigenvalue weighted by Crippen LogP contribution is 2.23. The van der Waals surface area contributed by atoms with E-state index in [0.717, 1.165) is 37.6 Å². The number of piperazine rings is 2. The van der Waals surface area contributed by atoms with E-state index < -0.39 is 11.9 Å². The number of amides is 3. The smallest absolute Gasteiger partial charge is 0.243 e. The maximum Gasteiger partial charge on any atom is 0.243 e. The number of halogens is 2. The van der Waals surface area contributed by atoms with Gasteiger partial charge in [0.25, 0.3) is 0 Å². The molecule has 0 spiro atoms. The van der Waals surface area contributed by atoms with Crippen molar-refractivity contribution in [2.75, 3.05) is 63.1 Å². The molecular weight excluding hydrogens is 505 g/mol. The van der Waals surface area contributed by atoms with E-state index in [4.69, 9.17) is 27.9 Å². The molecule has 2 aliphatic rings. The lowest BCUT2D eigenvalue weighted by molar-refractivity contribution is -0.145. The van der Waals surface area contributed by atoms with Gasteiger partial charge >= 0.3 is 0 Å². The van der Waals surface area contributed by atoms with Crippen LogP contribution in [-0.2, 0) is 14.4 Å². The summed E-state index contributed by atoms with van der Waals surface area (Å²) in [6.07, 6.45) is -0.160. The third-order valence-electron chi connectivity index (χ3n) is 6.34. The molecule has 2 aromatic rings. The van der Waals surface area contributed by atoms with Crippen molar-refractivity contribution in [1.29, 1.82) is 0 Å². The predicted molar refractivity (Wildman–Crippen MR) is 140 cm³/mol. The highest BCUT2D eigenvalue weighted by atomic mass is 35.5. The molecule has 2 fully saturated rings. The van der Waals surface area contributed by atoms with Gasteiger partial charge in [-0.25, -0.2) is 0 Å². The first-order valence-corrected chi connectivity index (χ1v) is 12.5. The normalized spacial score (nSPS) is 18.5. The van der Waals surface area contributed by atoms with Gasteiger partial charge in [-0.1, -0.05) is 23.2 Å². The number of carbonyl (C=O) groups is 3. The molecule has 9 nitrogen and oxygen atoms in total. The zero-order valence-corrected chi connectivity index (χ0v) is 21.5. The minimum atomic E-state index is -0.874. The number of anilines is 2.